The fraction of sp³-hybridized carbons (Fsp3) is 0.765. The van der Waals surface area contributed by atoms with Crippen LogP contribution in [0.1, 0.15) is 50.7 Å². The van der Waals surface area contributed by atoms with Crippen LogP contribution in [0, 0.1) is 12.8 Å². The lowest BCUT2D eigenvalue weighted by molar-refractivity contribution is -0.00491. The summed E-state index contributed by atoms with van der Waals surface area (Å²) in [6.07, 6.45) is 3.73. The van der Waals surface area contributed by atoms with Crippen LogP contribution in [0.25, 0.3) is 0 Å². The number of ether oxygens (including phenoxy) is 1. The molecule has 2 amide bonds. The van der Waals surface area contributed by atoms with Crippen molar-refractivity contribution in [3.63, 3.8) is 0 Å². The number of amides is 2. The molecule has 0 radical (unpaired) electrons. The first-order valence-corrected chi connectivity index (χ1v) is 9.22. The van der Waals surface area contributed by atoms with E-state index in [2.05, 4.69) is 31.1 Å². The Bertz CT molecular complexity index is 544. The SMILES string of the molecule is CO[C@]1(C)CCCN(C(=O)Nc2sc(C)nc2CC(C)C)CC1. The maximum Gasteiger partial charge on any atom is 0.322 e. The molecule has 5 nitrogen and oxygen atoms in total. The van der Waals surface area contributed by atoms with Crippen molar-refractivity contribution in [1.29, 1.82) is 0 Å². The summed E-state index contributed by atoms with van der Waals surface area (Å²) in [7, 11) is 1.76. The zero-order chi connectivity index (χ0) is 17.0. The first kappa shape index (κ1) is 18.2. The molecule has 2 heterocycles. The van der Waals surface area contributed by atoms with E-state index in [1.807, 2.05) is 11.8 Å². The molecule has 0 bridgehead atoms. The van der Waals surface area contributed by atoms with Crippen LogP contribution in [0.15, 0.2) is 0 Å². The topological polar surface area (TPSA) is 54.5 Å². The second-order valence-corrected chi connectivity index (χ2v) is 8.23. The molecule has 1 N–H and O–H groups in total. The van der Waals surface area contributed by atoms with E-state index in [0.717, 1.165) is 54.5 Å². The standard InChI is InChI=1S/C17H29N3O2S/c1-12(2)11-14-15(23-13(3)18-14)19-16(21)20-9-6-7-17(4,22-5)8-10-20/h12H,6-11H2,1-5H3,(H,19,21)/t17-/m1/s1. The van der Waals surface area contributed by atoms with Gasteiger partial charge in [0, 0.05) is 20.2 Å². The van der Waals surface area contributed by atoms with Gasteiger partial charge in [0.05, 0.1) is 16.3 Å². The minimum Gasteiger partial charge on any atom is -0.378 e. The number of likely N-dealkylation sites (tertiary alicyclic amines) is 1. The quantitative estimate of drug-likeness (QED) is 0.899. The number of hydrogen-bond acceptors (Lipinski definition) is 4. The van der Waals surface area contributed by atoms with Crippen molar-refractivity contribution in [2.75, 3.05) is 25.5 Å². The van der Waals surface area contributed by atoms with Gasteiger partial charge >= 0.3 is 6.03 Å². The van der Waals surface area contributed by atoms with Crippen LogP contribution < -0.4 is 5.32 Å². The van der Waals surface area contributed by atoms with Gasteiger partial charge in [-0.3, -0.25) is 5.32 Å². The molecule has 1 aromatic heterocycles. The van der Waals surface area contributed by atoms with Gasteiger partial charge in [-0.15, -0.1) is 11.3 Å². The van der Waals surface area contributed by atoms with Gasteiger partial charge in [0.1, 0.15) is 5.00 Å². The van der Waals surface area contributed by atoms with Gasteiger partial charge in [-0.1, -0.05) is 13.8 Å². The zero-order valence-corrected chi connectivity index (χ0v) is 15.8. The van der Waals surface area contributed by atoms with E-state index in [9.17, 15) is 4.79 Å². The predicted molar refractivity (Wildman–Crippen MR) is 95.2 cm³/mol. The van der Waals surface area contributed by atoms with Gasteiger partial charge in [-0.05, 0) is 45.4 Å². The van der Waals surface area contributed by atoms with Crippen LogP contribution in [-0.2, 0) is 11.2 Å². The third kappa shape index (κ3) is 4.91. The third-order valence-corrected chi connectivity index (χ3v) is 5.38. The molecule has 0 saturated carbocycles. The van der Waals surface area contributed by atoms with E-state index >= 15 is 0 Å². The van der Waals surface area contributed by atoms with Gasteiger partial charge in [0.2, 0.25) is 0 Å². The molecule has 1 atom stereocenters. The maximum atomic E-state index is 12.6. The molecule has 130 valence electrons. The number of aromatic nitrogens is 1. The monoisotopic (exact) mass is 339 g/mol. The van der Waals surface area contributed by atoms with Gasteiger partial charge in [0.25, 0.3) is 0 Å². The molecular weight excluding hydrogens is 310 g/mol. The summed E-state index contributed by atoms with van der Waals surface area (Å²) in [6, 6.07) is -0.0148. The molecule has 23 heavy (non-hydrogen) atoms. The Hall–Kier alpha value is -1.14. The largest absolute Gasteiger partial charge is 0.378 e. The van der Waals surface area contributed by atoms with Crippen molar-refractivity contribution >= 4 is 22.4 Å². The molecule has 1 saturated heterocycles. The summed E-state index contributed by atoms with van der Waals surface area (Å²) in [5, 5.41) is 4.98. The molecule has 0 aromatic carbocycles. The Morgan fingerprint density at radius 3 is 2.83 bits per heavy atom. The zero-order valence-electron chi connectivity index (χ0n) is 14.9. The van der Waals surface area contributed by atoms with Crippen molar-refractivity contribution in [1.82, 2.24) is 9.88 Å². The third-order valence-electron chi connectivity index (χ3n) is 4.45. The summed E-state index contributed by atoms with van der Waals surface area (Å²) in [6.45, 7) is 9.96. The lowest BCUT2D eigenvalue weighted by Gasteiger charge is -2.26. The molecule has 1 aromatic rings. The van der Waals surface area contributed by atoms with Gasteiger partial charge in [-0.2, -0.15) is 0 Å². The average molecular weight is 340 g/mol. The highest BCUT2D eigenvalue weighted by Crippen LogP contribution is 2.28. The highest BCUT2D eigenvalue weighted by molar-refractivity contribution is 7.16. The lowest BCUT2D eigenvalue weighted by atomic mass is 9.97. The number of thiazole rings is 1. The number of carbonyl (C=O) groups excluding carboxylic acids is 1. The van der Waals surface area contributed by atoms with Crippen LogP contribution in [0.4, 0.5) is 9.80 Å². The second kappa shape index (κ2) is 7.62. The van der Waals surface area contributed by atoms with Gasteiger partial charge in [-0.25, -0.2) is 9.78 Å². The fourth-order valence-corrected chi connectivity index (χ4v) is 3.76. The van der Waals surface area contributed by atoms with Crippen molar-refractivity contribution in [2.45, 2.75) is 59.0 Å². The number of hydrogen-bond donors (Lipinski definition) is 1. The van der Waals surface area contributed by atoms with Gasteiger partial charge in [0.15, 0.2) is 0 Å². The van der Waals surface area contributed by atoms with Crippen LogP contribution in [0.2, 0.25) is 0 Å². The highest BCUT2D eigenvalue weighted by atomic mass is 32.1. The molecular formula is C17H29N3O2S. The molecule has 0 spiro atoms. The van der Waals surface area contributed by atoms with E-state index in [1.54, 1.807) is 18.4 Å². The van der Waals surface area contributed by atoms with Crippen molar-refractivity contribution < 1.29 is 9.53 Å². The fourth-order valence-electron chi connectivity index (χ4n) is 2.93. The van der Waals surface area contributed by atoms with E-state index < -0.39 is 0 Å². The first-order chi connectivity index (χ1) is 10.8. The molecule has 0 aliphatic carbocycles. The smallest absolute Gasteiger partial charge is 0.322 e. The minimum absolute atomic E-state index is 0.0148. The first-order valence-electron chi connectivity index (χ1n) is 8.40. The number of aryl methyl sites for hydroxylation is 1. The highest BCUT2D eigenvalue weighted by Gasteiger charge is 2.29. The van der Waals surface area contributed by atoms with Crippen molar-refractivity contribution in [3.05, 3.63) is 10.7 Å². The van der Waals surface area contributed by atoms with E-state index in [-0.39, 0.29) is 11.6 Å². The summed E-state index contributed by atoms with van der Waals surface area (Å²) in [4.78, 5) is 19.1. The molecule has 1 aliphatic heterocycles. The summed E-state index contributed by atoms with van der Waals surface area (Å²) in [5.74, 6) is 0.521. The number of urea groups is 1. The van der Waals surface area contributed by atoms with Crippen molar-refractivity contribution in [2.24, 2.45) is 5.92 Å². The summed E-state index contributed by atoms with van der Waals surface area (Å²) >= 11 is 1.56. The Morgan fingerprint density at radius 1 is 1.43 bits per heavy atom. The normalized spacial score (nSPS) is 22.3. The minimum atomic E-state index is -0.112. The molecule has 1 fully saturated rings. The lowest BCUT2D eigenvalue weighted by Crippen LogP contribution is -2.37. The number of methoxy groups -OCH3 is 1. The number of anilines is 1. The molecule has 0 unspecified atom stereocenters. The Balaban J connectivity index is 2.02. The van der Waals surface area contributed by atoms with E-state index in [0.29, 0.717) is 5.92 Å². The van der Waals surface area contributed by atoms with E-state index in [4.69, 9.17) is 4.74 Å². The maximum absolute atomic E-state index is 12.6. The summed E-state index contributed by atoms with van der Waals surface area (Å²) < 4.78 is 5.60. The molecule has 1 aliphatic rings. The van der Waals surface area contributed by atoms with E-state index in [1.165, 1.54) is 0 Å². The number of nitrogens with zero attached hydrogens (tertiary/aromatic N) is 2. The summed E-state index contributed by atoms with van der Waals surface area (Å²) in [5.41, 5.74) is 0.895. The Morgan fingerprint density at radius 2 is 2.17 bits per heavy atom. The average Bonchev–Trinajstić information content (AvgIpc) is 2.70. The molecule has 6 heteroatoms. The van der Waals surface area contributed by atoms with Gasteiger partial charge < -0.3 is 9.64 Å². The van der Waals surface area contributed by atoms with Crippen molar-refractivity contribution in [3.8, 4) is 0 Å². The second-order valence-electron chi connectivity index (χ2n) is 7.03. The van der Waals surface area contributed by atoms with Crippen LogP contribution in [0.3, 0.4) is 0 Å². The van der Waals surface area contributed by atoms with Crippen LogP contribution in [-0.4, -0.2) is 41.7 Å². The number of rotatable bonds is 4. The Kier molecular flexibility index (Phi) is 6.03. The number of carbonyl (C=O) groups is 1. The van der Waals surface area contributed by atoms with Crippen LogP contribution >= 0.6 is 11.3 Å². The number of nitrogens with one attached hydrogen (secondary N) is 1. The molecule has 2 rings (SSSR count). The van der Waals surface area contributed by atoms with Crippen LogP contribution in [0.5, 0.6) is 0 Å². The Labute approximate surface area is 143 Å². The predicted octanol–water partition coefficient (Wildman–Crippen LogP) is 4.07.